The van der Waals surface area contributed by atoms with Crippen LogP contribution in [-0.4, -0.2) is 4.98 Å². The second-order valence-corrected chi connectivity index (χ2v) is 5.56. The molecule has 0 fully saturated rings. The van der Waals surface area contributed by atoms with E-state index in [2.05, 4.69) is 4.98 Å². The number of para-hydroxylation sites is 2. The van der Waals surface area contributed by atoms with Crippen LogP contribution in [0.15, 0.2) is 97.6 Å². The molecule has 0 aliphatic rings. The van der Waals surface area contributed by atoms with E-state index >= 15 is 0 Å². The molecule has 0 spiro atoms. The molecule has 5 rings (SSSR count). The maximum absolute atomic E-state index is 12.0. The first-order chi connectivity index (χ1) is 12.7. The van der Waals surface area contributed by atoms with Gasteiger partial charge in [-0.25, -0.2) is 4.98 Å². The standard InChI is InChI=1S/C12H7NO2.C9H6O2/c14-12-8-4-1-2-5-9(8)15-10-6-3-7-13-11(10)12;10-8-5-6-11-9-4-2-1-3-7(8)9/h1-7H;1-6H. The maximum Gasteiger partial charge on any atom is 0.218 e. The van der Waals surface area contributed by atoms with E-state index < -0.39 is 0 Å². The average molecular weight is 343 g/mol. The van der Waals surface area contributed by atoms with E-state index in [0.29, 0.717) is 33.0 Å². The molecule has 0 aliphatic heterocycles. The van der Waals surface area contributed by atoms with Gasteiger partial charge in [-0.3, -0.25) is 9.59 Å². The van der Waals surface area contributed by atoms with Gasteiger partial charge in [-0.15, -0.1) is 0 Å². The highest BCUT2D eigenvalue weighted by atomic mass is 16.3. The molecule has 0 saturated heterocycles. The number of pyridine rings is 1. The summed E-state index contributed by atoms with van der Waals surface area (Å²) in [6.45, 7) is 0. The Morgan fingerprint density at radius 2 is 1.38 bits per heavy atom. The lowest BCUT2D eigenvalue weighted by Crippen LogP contribution is -2.03. The van der Waals surface area contributed by atoms with Crippen LogP contribution in [0, 0.1) is 0 Å². The van der Waals surface area contributed by atoms with Crippen molar-refractivity contribution < 1.29 is 8.83 Å². The third kappa shape index (κ3) is 2.86. The first kappa shape index (κ1) is 15.8. The van der Waals surface area contributed by atoms with Crippen molar-refractivity contribution in [2.24, 2.45) is 0 Å². The lowest BCUT2D eigenvalue weighted by Gasteiger charge is -1.98. The van der Waals surface area contributed by atoms with Crippen LogP contribution in [0.4, 0.5) is 0 Å². The van der Waals surface area contributed by atoms with Gasteiger partial charge in [-0.1, -0.05) is 24.3 Å². The van der Waals surface area contributed by atoms with Crippen LogP contribution in [0.1, 0.15) is 0 Å². The Bertz CT molecular complexity index is 1270. The lowest BCUT2D eigenvalue weighted by molar-refractivity contribution is 0.602. The van der Waals surface area contributed by atoms with Gasteiger partial charge in [0.25, 0.3) is 0 Å². The molecule has 26 heavy (non-hydrogen) atoms. The van der Waals surface area contributed by atoms with Crippen molar-refractivity contribution >= 4 is 33.0 Å². The van der Waals surface area contributed by atoms with Gasteiger partial charge in [-0.05, 0) is 36.4 Å². The van der Waals surface area contributed by atoms with Crippen molar-refractivity contribution in [3.05, 3.63) is 99.6 Å². The van der Waals surface area contributed by atoms with Crippen LogP contribution < -0.4 is 10.9 Å². The topological polar surface area (TPSA) is 73.3 Å². The van der Waals surface area contributed by atoms with Gasteiger partial charge in [0.15, 0.2) is 16.5 Å². The van der Waals surface area contributed by atoms with Gasteiger partial charge >= 0.3 is 0 Å². The van der Waals surface area contributed by atoms with Gasteiger partial charge in [0.2, 0.25) is 5.43 Å². The fourth-order valence-corrected chi connectivity index (χ4v) is 2.66. The first-order valence-corrected chi connectivity index (χ1v) is 7.97. The first-order valence-electron chi connectivity index (χ1n) is 7.97. The molecule has 0 unspecified atom stereocenters. The van der Waals surface area contributed by atoms with Gasteiger partial charge in [0.05, 0.1) is 17.0 Å². The molecule has 5 nitrogen and oxygen atoms in total. The van der Waals surface area contributed by atoms with E-state index in [1.165, 1.54) is 12.3 Å². The molecule has 2 aromatic carbocycles. The number of aromatic nitrogens is 1. The Kier molecular flexibility index (Phi) is 4.03. The van der Waals surface area contributed by atoms with Gasteiger partial charge < -0.3 is 8.83 Å². The number of hydrogen-bond donors (Lipinski definition) is 0. The second kappa shape index (κ2) is 6.64. The lowest BCUT2D eigenvalue weighted by atomic mass is 10.2. The molecule has 0 amide bonds. The Morgan fingerprint density at radius 3 is 2.19 bits per heavy atom. The minimum absolute atomic E-state index is 0.00634. The Morgan fingerprint density at radius 1 is 0.692 bits per heavy atom. The van der Waals surface area contributed by atoms with E-state index in [1.54, 1.807) is 42.6 Å². The number of nitrogens with zero attached hydrogens (tertiary/aromatic N) is 1. The average Bonchev–Trinajstić information content (AvgIpc) is 2.69. The maximum atomic E-state index is 12.0. The molecular weight excluding hydrogens is 330 g/mol. The summed E-state index contributed by atoms with van der Waals surface area (Å²) in [5.41, 5.74) is 2.08. The van der Waals surface area contributed by atoms with E-state index in [0.717, 1.165) is 0 Å². The number of hydrogen-bond acceptors (Lipinski definition) is 5. The van der Waals surface area contributed by atoms with Gasteiger partial charge in [-0.2, -0.15) is 0 Å². The van der Waals surface area contributed by atoms with E-state index in [-0.39, 0.29) is 10.9 Å². The number of fused-ring (bicyclic) bond motifs is 3. The summed E-state index contributed by atoms with van der Waals surface area (Å²) < 4.78 is 10.7. The summed E-state index contributed by atoms with van der Waals surface area (Å²) >= 11 is 0. The van der Waals surface area contributed by atoms with Crippen molar-refractivity contribution in [1.29, 1.82) is 0 Å². The Balaban J connectivity index is 0.000000136. The number of benzene rings is 2. The fourth-order valence-electron chi connectivity index (χ4n) is 2.66. The summed E-state index contributed by atoms with van der Waals surface area (Å²) in [7, 11) is 0. The monoisotopic (exact) mass is 343 g/mol. The third-order valence-corrected chi connectivity index (χ3v) is 3.90. The van der Waals surface area contributed by atoms with Crippen molar-refractivity contribution in [3.63, 3.8) is 0 Å². The molecule has 126 valence electrons. The SMILES string of the molecule is O=c1c2ccccc2oc2cccnc12.O=c1ccoc2ccccc12. The molecule has 5 aromatic rings. The molecule has 0 bridgehead atoms. The molecule has 0 saturated carbocycles. The molecular formula is C21H13NO4. The van der Waals surface area contributed by atoms with Gasteiger partial charge in [0.1, 0.15) is 11.2 Å². The van der Waals surface area contributed by atoms with Crippen molar-refractivity contribution in [2.75, 3.05) is 0 Å². The molecule has 5 heteroatoms. The van der Waals surface area contributed by atoms with Crippen LogP contribution in [0.2, 0.25) is 0 Å². The highest BCUT2D eigenvalue weighted by Crippen LogP contribution is 2.15. The highest BCUT2D eigenvalue weighted by molar-refractivity contribution is 5.87. The second-order valence-electron chi connectivity index (χ2n) is 5.56. The van der Waals surface area contributed by atoms with Crippen LogP contribution in [-0.2, 0) is 0 Å². The van der Waals surface area contributed by atoms with Gasteiger partial charge in [0, 0.05) is 12.3 Å². The predicted molar refractivity (Wildman–Crippen MR) is 100 cm³/mol. The van der Waals surface area contributed by atoms with Crippen LogP contribution in [0.25, 0.3) is 33.0 Å². The molecule has 0 atom stereocenters. The normalized spacial score (nSPS) is 10.6. The molecule has 0 radical (unpaired) electrons. The zero-order valence-corrected chi connectivity index (χ0v) is 13.6. The minimum Gasteiger partial charge on any atom is -0.464 e. The minimum atomic E-state index is -0.0764. The van der Waals surface area contributed by atoms with E-state index in [1.807, 2.05) is 24.3 Å². The largest absolute Gasteiger partial charge is 0.464 e. The van der Waals surface area contributed by atoms with Crippen molar-refractivity contribution in [1.82, 2.24) is 4.98 Å². The molecule has 0 N–H and O–H groups in total. The summed E-state index contributed by atoms with van der Waals surface area (Å²) in [5, 5.41) is 1.21. The Labute approximate surface area is 147 Å². The smallest absolute Gasteiger partial charge is 0.218 e. The number of rotatable bonds is 0. The molecule has 3 aromatic heterocycles. The highest BCUT2D eigenvalue weighted by Gasteiger charge is 2.06. The van der Waals surface area contributed by atoms with E-state index in [4.69, 9.17) is 8.83 Å². The molecule has 3 heterocycles. The third-order valence-electron chi connectivity index (χ3n) is 3.90. The fraction of sp³-hybridized carbons (Fsp3) is 0. The zero-order chi connectivity index (χ0) is 17.9. The Hall–Kier alpha value is -3.73. The summed E-state index contributed by atoms with van der Waals surface area (Å²) in [6.07, 6.45) is 3.00. The predicted octanol–water partition coefficient (Wildman–Crippen LogP) is 4.13. The van der Waals surface area contributed by atoms with Crippen LogP contribution in [0.3, 0.4) is 0 Å². The quantitative estimate of drug-likeness (QED) is 0.395. The van der Waals surface area contributed by atoms with Crippen molar-refractivity contribution in [3.8, 4) is 0 Å². The van der Waals surface area contributed by atoms with Crippen LogP contribution in [0.5, 0.6) is 0 Å². The van der Waals surface area contributed by atoms with Crippen molar-refractivity contribution in [2.45, 2.75) is 0 Å². The summed E-state index contributed by atoms with van der Waals surface area (Å²) in [5.74, 6) is 0. The zero-order valence-electron chi connectivity index (χ0n) is 13.6. The molecule has 0 aliphatic carbocycles. The van der Waals surface area contributed by atoms with E-state index in [9.17, 15) is 9.59 Å². The van der Waals surface area contributed by atoms with Crippen LogP contribution >= 0.6 is 0 Å². The summed E-state index contributed by atoms with van der Waals surface area (Å²) in [6, 6.07) is 19.3. The summed E-state index contributed by atoms with van der Waals surface area (Å²) in [4.78, 5) is 27.1.